The number of aryl methyl sites for hydroxylation is 2. The van der Waals surface area contributed by atoms with Gasteiger partial charge in [-0.1, -0.05) is 17.7 Å². The number of nitrogens with zero attached hydrogens (tertiary/aromatic N) is 3. The van der Waals surface area contributed by atoms with Crippen molar-refractivity contribution in [3.05, 3.63) is 59.8 Å². The summed E-state index contributed by atoms with van der Waals surface area (Å²) in [6.45, 7) is 3.08. The van der Waals surface area contributed by atoms with Crippen LogP contribution in [-0.2, 0) is 30.8 Å². The van der Waals surface area contributed by atoms with Gasteiger partial charge in [0.15, 0.2) is 12.1 Å². The number of carboxylic acid groups (broad SMARTS) is 1. The molecule has 3 aromatic rings. The highest BCUT2D eigenvalue weighted by atomic mass is 32.2. The molecule has 0 spiro atoms. The summed E-state index contributed by atoms with van der Waals surface area (Å²) in [5.41, 5.74) is 2.25. The molecule has 1 aliphatic heterocycles. The van der Waals surface area contributed by atoms with E-state index in [2.05, 4.69) is 20.3 Å². The van der Waals surface area contributed by atoms with E-state index in [4.69, 9.17) is 18.8 Å². The Morgan fingerprint density at radius 2 is 1.89 bits per heavy atom. The van der Waals surface area contributed by atoms with Gasteiger partial charge in [-0.2, -0.15) is 13.4 Å². The first-order valence-corrected chi connectivity index (χ1v) is 12.7. The molecule has 2 N–H and O–H groups in total. The van der Waals surface area contributed by atoms with Crippen LogP contribution in [0.5, 0.6) is 5.88 Å². The Balaban J connectivity index is 1.60. The van der Waals surface area contributed by atoms with E-state index in [0.29, 0.717) is 31.7 Å². The van der Waals surface area contributed by atoms with E-state index in [-0.39, 0.29) is 41.7 Å². The number of benzene rings is 1. The smallest absolute Gasteiger partial charge is 0.340 e. The van der Waals surface area contributed by atoms with Gasteiger partial charge in [-0.05, 0) is 43.2 Å². The number of ether oxygens (including phenoxy) is 2. The lowest BCUT2D eigenvalue weighted by molar-refractivity contribution is -0.136. The van der Waals surface area contributed by atoms with Gasteiger partial charge in [-0.25, -0.2) is 4.98 Å². The molecule has 0 bridgehead atoms. The van der Waals surface area contributed by atoms with Crippen LogP contribution in [-0.4, -0.2) is 60.5 Å². The molecule has 4 rings (SSSR count). The lowest BCUT2D eigenvalue weighted by Gasteiger charge is -2.12. The monoisotopic (exact) mass is 514 g/mol. The van der Waals surface area contributed by atoms with E-state index < -0.39 is 16.1 Å². The maximum absolute atomic E-state index is 12.8. The third kappa shape index (κ3) is 6.97. The van der Waals surface area contributed by atoms with Gasteiger partial charge in [0.25, 0.3) is 0 Å². The van der Waals surface area contributed by atoms with Crippen LogP contribution in [0.3, 0.4) is 0 Å². The summed E-state index contributed by atoms with van der Waals surface area (Å²) in [6.07, 6.45) is 2.55. The van der Waals surface area contributed by atoms with E-state index >= 15 is 0 Å². The van der Waals surface area contributed by atoms with Crippen molar-refractivity contribution in [2.45, 2.75) is 37.4 Å². The highest BCUT2D eigenvalue weighted by molar-refractivity contribution is 7.87. The second-order valence-electron chi connectivity index (χ2n) is 8.10. The number of hydrogen-bond acceptors (Lipinski definition) is 10. The molecule has 2 aromatic heterocycles. The van der Waals surface area contributed by atoms with Crippen molar-refractivity contribution >= 4 is 21.9 Å². The number of rotatable bonds is 11. The van der Waals surface area contributed by atoms with Crippen molar-refractivity contribution in [1.82, 2.24) is 15.0 Å². The van der Waals surface area contributed by atoms with Crippen LogP contribution in [0.2, 0.25) is 0 Å². The van der Waals surface area contributed by atoms with Gasteiger partial charge in [0, 0.05) is 25.2 Å². The molecule has 0 unspecified atom stereocenters. The molecule has 0 saturated carbocycles. The lowest BCUT2D eigenvalue weighted by Crippen LogP contribution is -2.13. The summed E-state index contributed by atoms with van der Waals surface area (Å²) in [7, 11) is -4.17. The molecule has 1 fully saturated rings. The molecule has 0 atom stereocenters. The molecule has 1 aromatic carbocycles. The van der Waals surface area contributed by atoms with Crippen molar-refractivity contribution in [2.24, 2.45) is 0 Å². The molecule has 3 heterocycles. The summed E-state index contributed by atoms with van der Waals surface area (Å²) in [6, 6.07) is 11.2. The van der Waals surface area contributed by atoms with Crippen LogP contribution in [0.15, 0.2) is 53.6 Å². The summed E-state index contributed by atoms with van der Waals surface area (Å²) in [4.78, 5) is 23.9. The van der Waals surface area contributed by atoms with E-state index in [9.17, 15) is 13.2 Å². The number of anilines is 1. The third-order valence-electron chi connectivity index (χ3n) is 5.27. The predicted octanol–water partition coefficient (Wildman–Crippen LogP) is 2.81. The normalized spacial score (nSPS) is 14.0. The molecule has 1 saturated heterocycles. The van der Waals surface area contributed by atoms with Gasteiger partial charge in [0.05, 0.1) is 19.6 Å². The molecule has 0 amide bonds. The summed E-state index contributed by atoms with van der Waals surface area (Å²) in [5.74, 6) is -0.881. The average molecular weight is 515 g/mol. The lowest BCUT2D eigenvalue weighted by atomic mass is 10.1. The van der Waals surface area contributed by atoms with Crippen molar-refractivity contribution in [2.75, 3.05) is 25.1 Å². The van der Waals surface area contributed by atoms with Crippen LogP contribution in [0, 0.1) is 6.92 Å². The molecule has 12 heteroatoms. The molecule has 11 nitrogen and oxygen atoms in total. The number of nitrogens with one attached hydrogen (secondary N) is 1. The molecule has 190 valence electrons. The Kier molecular flexibility index (Phi) is 8.08. The zero-order chi connectivity index (χ0) is 25.5. The number of carboxylic acids is 1. The average Bonchev–Trinajstić information content (AvgIpc) is 3.36. The number of aliphatic carboxylic acids is 1. The first-order valence-electron chi connectivity index (χ1n) is 11.3. The summed E-state index contributed by atoms with van der Waals surface area (Å²) < 4.78 is 41.9. The largest absolute Gasteiger partial charge is 0.481 e. The second-order valence-corrected chi connectivity index (χ2v) is 9.64. The van der Waals surface area contributed by atoms with E-state index in [1.165, 1.54) is 18.2 Å². The Labute approximate surface area is 208 Å². The topological polar surface area (TPSA) is 150 Å². The fraction of sp³-hybridized carbons (Fsp3) is 0.333. The summed E-state index contributed by atoms with van der Waals surface area (Å²) in [5, 5.41) is 11.8. The van der Waals surface area contributed by atoms with Crippen molar-refractivity contribution in [1.29, 1.82) is 0 Å². The SMILES string of the molecule is Cc1ccc(S(=O)(=O)Oc2cc(NCCC(=O)O)nc(-c3cc(CCC4OCCO4)ccn3)n2)cc1. The molecular weight excluding hydrogens is 488 g/mol. The maximum Gasteiger partial charge on any atom is 0.340 e. The number of pyridine rings is 1. The van der Waals surface area contributed by atoms with E-state index in [0.717, 1.165) is 11.1 Å². The number of carbonyl (C=O) groups is 1. The third-order valence-corrected chi connectivity index (χ3v) is 6.51. The van der Waals surface area contributed by atoms with E-state index in [1.54, 1.807) is 24.4 Å². The van der Waals surface area contributed by atoms with Crippen LogP contribution >= 0.6 is 0 Å². The minimum atomic E-state index is -4.17. The second kappa shape index (κ2) is 11.4. The molecule has 0 radical (unpaired) electrons. The van der Waals surface area contributed by atoms with Crippen molar-refractivity contribution in [3.63, 3.8) is 0 Å². The first-order chi connectivity index (χ1) is 17.3. The highest BCUT2D eigenvalue weighted by Crippen LogP contribution is 2.24. The van der Waals surface area contributed by atoms with Crippen LogP contribution in [0.25, 0.3) is 11.5 Å². The fourth-order valence-corrected chi connectivity index (χ4v) is 4.32. The summed E-state index contributed by atoms with van der Waals surface area (Å²) >= 11 is 0. The van der Waals surface area contributed by atoms with Gasteiger partial charge in [0.2, 0.25) is 5.88 Å². The van der Waals surface area contributed by atoms with Gasteiger partial charge >= 0.3 is 16.1 Å². The van der Waals surface area contributed by atoms with Gasteiger partial charge in [0.1, 0.15) is 16.4 Å². The molecular formula is C24H26N4O7S. The first kappa shape index (κ1) is 25.5. The fourth-order valence-electron chi connectivity index (χ4n) is 3.45. The minimum absolute atomic E-state index is 0.0230. The van der Waals surface area contributed by atoms with Gasteiger partial charge < -0.3 is 24.1 Å². The predicted molar refractivity (Wildman–Crippen MR) is 129 cm³/mol. The Bertz CT molecular complexity index is 1310. The Hall–Kier alpha value is -3.61. The van der Waals surface area contributed by atoms with Crippen LogP contribution in [0.1, 0.15) is 24.0 Å². The maximum atomic E-state index is 12.8. The Morgan fingerprint density at radius 3 is 2.61 bits per heavy atom. The zero-order valence-electron chi connectivity index (χ0n) is 19.6. The van der Waals surface area contributed by atoms with Crippen molar-refractivity contribution in [3.8, 4) is 17.4 Å². The van der Waals surface area contributed by atoms with Crippen molar-refractivity contribution < 1.29 is 32.0 Å². The van der Waals surface area contributed by atoms with E-state index in [1.807, 2.05) is 13.0 Å². The standard InChI is InChI=1S/C24H26N4O7S/c1-16-2-5-18(6-3-16)36(31,32)35-21-15-20(26-11-9-22(29)30)27-24(28-21)19-14-17(8-10-25-19)4-7-23-33-12-13-34-23/h2-3,5-6,8,10,14-15,23H,4,7,9,11-13H2,1H3,(H,29,30)(H,26,27,28). The number of aromatic nitrogens is 3. The molecule has 36 heavy (non-hydrogen) atoms. The quantitative estimate of drug-likeness (QED) is 0.364. The minimum Gasteiger partial charge on any atom is -0.481 e. The Morgan fingerprint density at radius 1 is 1.14 bits per heavy atom. The highest BCUT2D eigenvalue weighted by Gasteiger charge is 2.20. The molecule has 1 aliphatic rings. The number of hydrogen-bond donors (Lipinski definition) is 2. The van der Waals surface area contributed by atoms with Crippen LogP contribution in [0.4, 0.5) is 5.82 Å². The van der Waals surface area contributed by atoms with Gasteiger partial charge in [-0.3, -0.25) is 9.78 Å². The van der Waals surface area contributed by atoms with Gasteiger partial charge in [-0.15, -0.1) is 0 Å². The van der Waals surface area contributed by atoms with Crippen LogP contribution < -0.4 is 9.50 Å². The zero-order valence-corrected chi connectivity index (χ0v) is 20.4. The molecule has 0 aliphatic carbocycles.